The molecule has 1 amide bonds. The topological polar surface area (TPSA) is 55.1 Å². The van der Waals surface area contributed by atoms with Crippen LogP contribution in [0.3, 0.4) is 0 Å². The highest BCUT2D eigenvalue weighted by molar-refractivity contribution is 5.85. The average Bonchev–Trinajstić information content (AvgIpc) is 2.50. The van der Waals surface area contributed by atoms with Gasteiger partial charge in [0, 0.05) is 18.7 Å². The highest BCUT2D eigenvalue weighted by atomic mass is 35.5. The van der Waals surface area contributed by atoms with Gasteiger partial charge in [0.25, 0.3) is 0 Å². The van der Waals surface area contributed by atoms with Crippen molar-refractivity contribution in [1.82, 2.24) is 5.32 Å². The van der Waals surface area contributed by atoms with Crippen LogP contribution >= 0.6 is 12.4 Å². The molecule has 2 aromatic rings. The summed E-state index contributed by atoms with van der Waals surface area (Å²) in [5, 5.41) is 2.96. The number of carbonyl (C=O) groups is 1. The Morgan fingerprint density at radius 2 is 1.55 bits per heavy atom. The minimum Gasteiger partial charge on any atom is -0.399 e. The van der Waals surface area contributed by atoms with Crippen LogP contribution < -0.4 is 11.1 Å². The van der Waals surface area contributed by atoms with Crippen molar-refractivity contribution in [1.29, 1.82) is 0 Å². The largest absolute Gasteiger partial charge is 0.399 e. The molecule has 0 aliphatic rings. The van der Waals surface area contributed by atoms with Crippen molar-refractivity contribution in [2.75, 3.05) is 12.3 Å². The van der Waals surface area contributed by atoms with Crippen LogP contribution in [-0.2, 0) is 17.6 Å². The van der Waals surface area contributed by atoms with E-state index in [4.69, 9.17) is 5.73 Å². The van der Waals surface area contributed by atoms with Gasteiger partial charge in [-0.25, -0.2) is 0 Å². The average molecular weight is 319 g/mol. The molecule has 0 saturated heterocycles. The summed E-state index contributed by atoms with van der Waals surface area (Å²) < 4.78 is 0. The number of nitrogens with two attached hydrogens (primary N) is 1. The second-order valence-corrected chi connectivity index (χ2v) is 5.18. The highest BCUT2D eigenvalue weighted by Gasteiger charge is 2.01. The van der Waals surface area contributed by atoms with Gasteiger partial charge in [-0.1, -0.05) is 42.5 Å². The van der Waals surface area contributed by atoms with Crippen LogP contribution in [0, 0.1) is 0 Å². The standard InChI is InChI=1S/C18H22N2O.ClH/c19-17-11-9-16(10-12-17)13-14-20-18(21)8-4-7-15-5-2-1-3-6-15;/h1-3,5-6,9-12H,4,7-8,13-14,19H2,(H,20,21);1H. The van der Waals surface area contributed by atoms with Crippen LogP contribution in [0.25, 0.3) is 0 Å². The molecule has 0 unspecified atom stereocenters. The third kappa shape index (κ3) is 6.64. The zero-order chi connectivity index (χ0) is 14.9. The smallest absolute Gasteiger partial charge is 0.220 e. The SMILES string of the molecule is Cl.Nc1ccc(CCNC(=O)CCCc2ccccc2)cc1. The summed E-state index contributed by atoms with van der Waals surface area (Å²) in [6.45, 7) is 0.675. The Hall–Kier alpha value is -2.00. The van der Waals surface area contributed by atoms with Gasteiger partial charge in [0.15, 0.2) is 0 Å². The van der Waals surface area contributed by atoms with Gasteiger partial charge in [0.2, 0.25) is 5.91 Å². The number of carbonyl (C=O) groups excluding carboxylic acids is 1. The molecule has 2 rings (SSSR count). The van der Waals surface area contributed by atoms with Crippen molar-refractivity contribution in [3.05, 3.63) is 65.7 Å². The maximum atomic E-state index is 11.7. The van der Waals surface area contributed by atoms with Crippen LogP contribution in [-0.4, -0.2) is 12.5 Å². The number of anilines is 1. The Bertz CT molecular complexity index is 555. The summed E-state index contributed by atoms with van der Waals surface area (Å²) in [6.07, 6.45) is 3.26. The predicted octanol–water partition coefficient (Wildman–Crippen LogP) is 3.37. The first-order valence-corrected chi connectivity index (χ1v) is 7.39. The molecule has 0 heterocycles. The Balaban J connectivity index is 0.00000242. The van der Waals surface area contributed by atoms with Crippen LogP contribution in [0.4, 0.5) is 5.69 Å². The van der Waals surface area contributed by atoms with E-state index in [0.29, 0.717) is 13.0 Å². The number of hydrogen-bond acceptors (Lipinski definition) is 2. The van der Waals surface area contributed by atoms with E-state index >= 15 is 0 Å². The van der Waals surface area contributed by atoms with Gasteiger partial charge in [0.1, 0.15) is 0 Å². The van der Waals surface area contributed by atoms with E-state index < -0.39 is 0 Å². The predicted molar refractivity (Wildman–Crippen MR) is 94.2 cm³/mol. The summed E-state index contributed by atoms with van der Waals surface area (Å²) >= 11 is 0. The second kappa shape index (κ2) is 9.85. The zero-order valence-corrected chi connectivity index (χ0v) is 13.4. The fraction of sp³-hybridized carbons (Fsp3) is 0.278. The molecular formula is C18H23ClN2O. The Morgan fingerprint density at radius 1 is 0.909 bits per heavy atom. The fourth-order valence-corrected chi connectivity index (χ4v) is 2.22. The first kappa shape index (κ1) is 18.1. The fourth-order valence-electron chi connectivity index (χ4n) is 2.22. The van der Waals surface area contributed by atoms with Gasteiger partial charge in [-0.05, 0) is 42.5 Å². The van der Waals surface area contributed by atoms with E-state index in [-0.39, 0.29) is 18.3 Å². The molecule has 3 nitrogen and oxygen atoms in total. The minimum absolute atomic E-state index is 0. The quantitative estimate of drug-likeness (QED) is 0.769. The van der Waals surface area contributed by atoms with Gasteiger partial charge in [-0.2, -0.15) is 0 Å². The molecule has 0 spiro atoms. The lowest BCUT2D eigenvalue weighted by Gasteiger charge is -2.06. The first-order valence-electron chi connectivity index (χ1n) is 7.39. The van der Waals surface area contributed by atoms with Crippen LogP contribution in [0.1, 0.15) is 24.0 Å². The van der Waals surface area contributed by atoms with Gasteiger partial charge in [-0.15, -0.1) is 12.4 Å². The van der Waals surface area contributed by atoms with Crippen molar-refractivity contribution < 1.29 is 4.79 Å². The van der Waals surface area contributed by atoms with Crippen molar-refractivity contribution in [2.45, 2.75) is 25.7 Å². The van der Waals surface area contributed by atoms with E-state index in [1.165, 1.54) is 11.1 Å². The molecule has 0 radical (unpaired) electrons. The number of halogens is 1. The van der Waals surface area contributed by atoms with E-state index in [2.05, 4.69) is 17.4 Å². The minimum atomic E-state index is 0. The monoisotopic (exact) mass is 318 g/mol. The maximum absolute atomic E-state index is 11.7. The zero-order valence-electron chi connectivity index (χ0n) is 12.6. The molecule has 4 heteroatoms. The van der Waals surface area contributed by atoms with Crippen LogP contribution in [0.15, 0.2) is 54.6 Å². The number of hydrogen-bond donors (Lipinski definition) is 2. The van der Waals surface area contributed by atoms with Crippen molar-refractivity contribution >= 4 is 24.0 Å². The molecule has 0 aromatic heterocycles. The molecule has 0 saturated carbocycles. The van der Waals surface area contributed by atoms with Crippen molar-refractivity contribution in [2.24, 2.45) is 0 Å². The van der Waals surface area contributed by atoms with Gasteiger partial charge in [-0.3, -0.25) is 4.79 Å². The summed E-state index contributed by atoms with van der Waals surface area (Å²) in [5.41, 5.74) is 8.88. The molecular weight excluding hydrogens is 296 g/mol. The number of amides is 1. The van der Waals surface area contributed by atoms with Gasteiger partial charge < -0.3 is 11.1 Å². The summed E-state index contributed by atoms with van der Waals surface area (Å²) in [6, 6.07) is 18.0. The molecule has 0 fully saturated rings. The Labute approximate surface area is 138 Å². The number of rotatable bonds is 7. The van der Waals surface area contributed by atoms with E-state index in [0.717, 1.165) is 24.9 Å². The molecule has 0 aliphatic carbocycles. The van der Waals surface area contributed by atoms with Gasteiger partial charge >= 0.3 is 0 Å². The lowest BCUT2D eigenvalue weighted by molar-refractivity contribution is -0.121. The molecule has 0 atom stereocenters. The summed E-state index contributed by atoms with van der Waals surface area (Å²) in [5.74, 6) is 0.126. The molecule has 118 valence electrons. The first-order chi connectivity index (χ1) is 10.2. The van der Waals surface area contributed by atoms with E-state index in [9.17, 15) is 4.79 Å². The third-order valence-corrected chi connectivity index (χ3v) is 3.43. The Morgan fingerprint density at radius 3 is 2.23 bits per heavy atom. The number of benzene rings is 2. The second-order valence-electron chi connectivity index (χ2n) is 5.18. The maximum Gasteiger partial charge on any atom is 0.220 e. The Kier molecular flexibility index (Phi) is 8.08. The van der Waals surface area contributed by atoms with Gasteiger partial charge in [0.05, 0.1) is 0 Å². The lowest BCUT2D eigenvalue weighted by atomic mass is 10.1. The third-order valence-electron chi connectivity index (χ3n) is 3.43. The molecule has 0 bridgehead atoms. The number of nitrogen functional groups attached to an aromatic ring is 1. The molecule has 2 aromatic carbocycles. The van der Waals surface area contributed by atoms with Crippen molar-refractivity contribution in [3.8, 4) is 0 Å². The highest BCUT2D eigenvalue weighted by Crippen LogP contribution is 2.06. The van der Waals surface area contributed by atoms with Crippen molar-refractivity contribution in [3.63, 3.8) is 0 Å². The van der Waals surface area contributed by atoms with Crippen LogP contribution in [0.5, 0.6) is 0 Å². The van der Waals surface area contributed by atoms with Crippen LogP contribution in [0.2, 0.25) is 0 Å². The molecule has 0 aliphatic heterocycles. The molecule has 22 heavy (non-hydrogen) atoms. The molecule has 3 N–H and O–H groups in total. The normalized spacial score (nSPS) is 9.82. The summed E-state index contributed by atoms with van der Waals surface area (Å²) in [4.78, 5) is 11.7. The summed E-state index contributed by atoms with van der Waals surface area (Å²) in [7, 11) is 0. The number of aryl methyl sites for hydroxylation is 1. The van der Waals surface area contributed by atoms with E-state index in [1.807, 2.05) is 42.5 Å². The van der Waals surface area contributed by atoms with E-state index in [1.54, 1.807) is 0 Å². The lowest BCUT2D eigenvalue weighted by Crippen LogP contribution is -2.25. The number of nitrogens with one attached hydrogen (secondary N) is 1.